The first-order valence-electron chi connectivity index (χ1n) is 6.02. The summed E-state index contributed by atoms with van der Waals surface area (Å²) in [6, 6.07) is 6.30. The minimum Gasteiger partial charge on any atom is -0.389 e. The summed E-state index contributed by atoms with van der Waals surface area (Å²) in [7, 11) is -3.72. The van der Waals surface area contributed by atoms with Gasteiger partial charge in [-0.25, -0.2) is 8.42 Å². The molecule has 1 fully saturated rings. The van der Waals surface area contributed by atoms with Crippen molar-refractivity contribution in [3.63, 3.8) is 0 Å². The fourth-order valence-corrected chi connectivity index (χ4v) is 4.16. The molecule has 1 saturated heterocycles. The van der Waals surface area contributed by atoms with Gasteiger partial charge in [0.15, 0.2) is 0 Å². The quantitative estimate of drug-likeness (QED) is 0.750. The number of hydrogen-bond donors (Lipinski definition) is 2. The molecule has 1 aromatic rings. The highest BCUT2D eigenvalue weighted by Gasteiger charge is 2.36. The average Bonchev–Trinajstić information content (AvgIpc) is 2.89. The van der Waals surface area contributed by atoms with Crippen molar-refractivity contribution in [1.29, 1.82) is 0 Å². The van der Waals surface area contributed by atoms with E-state index in [1.807, 2.05) is 0 Å². The van der Waals surface area contributed by atoms with Crippen molar-refractivity contribution >= 4 is 33.1 Å². The van der Waals surface area contributed by atoms with E-state index in [0.717, 1.165) is 0 Å². The number of nitrogens with zero attached hydrogens (tertiary/aromatic N) is 1. The summed E-state index contributed by atoms with van der Waals surface area (Å²) < 4.78 is 26.4. The van der Waals surface area contributed by atoms with Crippen LogP contribution in [0.5, 0.6) is 0 Å². The predicted octanol–water partition coefficient (Wildman–Crippen LogP) is -0.183. The summed E-state index contributed by atoms with van der Waals surface area (Å²) in [6.45, 7) is 0.366. The van der Waals surface area contributed by atoms with Crippen LogP contribution >= 0.6 is 12.2 Å². The van der Waals surface area contributed by atoms with Crippen LogP contribution in [0.2, 0.25) is 0 Å². The van der Waals surface area contributed by atoms with Crippen molar-refractivity contribution < 1.29 is 13.2 Å². The molecule has 0 aliphatic carbocycles. The molecule has 6 nitrogen and oxygen atoms in total. The lowest BCUT2D eigenvalue weighted by molar-refractivity contribution is -0.121. The molecule has 1 aromatic carbocycles. The third-order valence-corrected chi connectivity index (χ3v) is 5.47. The van der Waals surface area contributed by atoms with Gasteiger partial charge in [-0.05, 0) is 12.5 Å². The van der Waals surface area contributed by atoms with E-state index in [-0.39, 0.29) is 23.0 Å². The van der Waals surface area contributed by atoms with Gasteiger partial charge in [0.05, 0.1) is 10.8 Å². The first-order valence-corrected chi connectivity index (χ1v) is 7.87. The molecule has 0 radical (unpaired) electrons. The van der Waals surface area contributed by atoms with E-state index in [1.54, 1.807) is 18.2 Å². The molecular formula is C12H15N3O3S2. The fourth-order valence-electron chi connectivity index (χ4n) is 2.21. The SMILES string of the molecule is NC(=O)C1CCN(S(=O)(=O)c2ccccc2C(N)=S)C1. The van der Waals surface area contributed by atoms with Crippen LogP contribution in [-0.2, 0) is 14.8 Å². The lowest BCUT2D eigenvalue weighted by Gasteiger charge is -2.18. The summed E-state index contributed by atoms with van der Waals surface area (Å²) >= 11 is 4.88. The maximum absolute atomic E-state index is 12.6. The predicted molar refractivity (Wildman–Crippen MR) is 78.4 cm³/mol. The standard InChI is InChI=1S/C12H15N3O3S2/c13-11(16)8-5-6-15(7-8)20(17,18)10-4-2-1-3-9(10)12(14)19/h1-4,8H,5-7H2,(H2,13,16)(H2,14,19). The zero-order valence-corrected chi connectivity index (χ0v) is 12.3. The molecule has 0 aromatic heterocycles. The zero-order chi connectivity index (χ0) is 14.9. The topological polar surface area (TPSA) is 106 Å². The molecule has 1 heterocycles. The molecule has 1 aliphatic rings. The Bertz CT molecular complexity index is 658. The molecule has 0 spiro atoms. The number of carbonyl (C=O) groups excluding carboxylic acids is 1. The lowest BCUT2D eigenvalue weighted by atomic mass is 10.1. The van der Waals surface area contributed by atoms with Crippen molar-refractivity contribution in [3.05, 3.63) is 29.8 Å². The van der Waals surface area contributed by atoms with Crippen molar-refractivity contribution in [1.82, 2.24) is 4.31 Å². The van der Waals surface area contributed by atoms with E-state index in [4.69, 9.17) is 23.7 Å². The number of nitrogens with two attached hydrogens (primary N) is 2. The second-order valence-electron chi connectivity index (χ2n) is 4.61. The van der Waals surface area contributed by atoms with Gasteiger partial charge in [0.25, 0.3) is 0 Å². The number of primary amides is 1. The Labute approximate surface area is 122 Å². The van der Waals surface area contributed by atoms with Gasteiger partial charge < -0.3 is 11.5 Å². The van der Waals surface area contributed by atoms with Crippen LogP contribution < -0.4 is 11.5 Å². The van der Waals surface area contributed by atoms with E-state index in [0.29, 0.717) is 12.0 Å². The van der Waals surface area contributed by atoms with Gasteiger partial charge in [0.1, 0.15) is 4.99 Å². The summed E-state index contributed by atoms with van der Waals surface area (Å²) in [6.07, 6.45) is 0.434. The average molecular weight is 313 g/mol. The summed E-state index contributed by atoms with van der Waals surface area (Å²) in [5.41, 5.74) is 11.1. The maximum atomic E-state index is 12.6. The summed E-state index contributed by atoms with van der Waals surface area (Å²) in [5.74, 6) is -0.924. The molecule has 0 bridgehead atoms. The largest absolute Gasteiger partial charge is 0.389 e. The molecule has 0 saturated carbocycles. The highest BCUT2D eigenvalue weighted by molar-refractivity contribution is 7.89. The Hall–Kier alpha value is -1.51. The van der Waals surface area contributed by atoms with Gasteiger partial charge in [0.2, 0.25) is 15.9 Å². The molecule has 2 rings (SSSR count). The number of sulfonamides is 1. The Balaban J connectivity index is 2.37. The molecule has 8 heteroatoms. The first-order chi connectivity index (χ1) is 9.34. The van der Waals surface area contributed by atoms with Gasteiger partial charge >= 0.3 is 0 Å². The third kappa shape index (κ3) is 2.67. The van der Waals surface area contributed by atoms with Crippen LogP contribution in [0.4, 0.5) is 0 Å². The van der Waals surface area contributed by atoms with Crippen LogP contribution in [0.1, 0.15) is 12.0 Å². The number of carbonyl (C=O) groups is 1. The maximum Gasteiger partial charge on any atom is 0.243 e. The molecule has 1 aliphatic heterocycles. The van der Waals surface area contributed by atoms with E-state index in [9.17, 15) is 13.2 Å². The second kappa shape index (κ2) is 5.47. The monoisotopic (exact) mass is 313 g/mol. The van der Waals surface area contributed by atoms with Crippen molar-refractivity contribution in [2.45, 2.75) is 11.3 Å². The van der Waals surface area contributed by atoms with Gasteiger partial charge in [-0.1, -0.05) is 30.4 Å². The fraction of sp³-hybridized carbons (Fsp3) is 0.333. The summed E-state index contributed by atoms with van der Waals surface area (Å²) in [5, 5.41) is 0. The Morgan fingerprint density at radius 2 is 1.95 bits per heavy atom. The van der Waals surface area contributed by atoms with Gasteiger partial charge in [0, 0.05) is 18.7 Å². The van der Waals surface area contributed by atoms with Gasteiger partial charge in [-0.2, -0.15) is 4.31 Å². The van der Waals surface area contributed by atoms with Crippen LogP contribution in [0.25, 0.3) is 0 Å². The number of benzene rings is 1. The Morgan fingerprint density at radius 1 is 1.30 bits per heavy atom. The number of hydrogen-bond acceptors (Lipinski definition) is 4. The molecule has 1 amide bonds. The van der Waals surface area contributed by atoms with Crippen molar-refractivity contribution in [3.8, 4) is 0 Å². The van der Waals surface area contributed by atoms with Crippen molar-refractivity contribution in [2.75, 3.05) is 13.1 Å². The molecule has 20 heavy (non-hydrogen) atoms. The number of thiocarbonyl (C=S) groups is 1. The molecule has 1 atom stereocenters. The highest BCUT2D eigenvalue weighted by Crippen LogP contribution is 2.26. The minimum absolute atomic E-state index is 0.0230. The highest BCUT2D eigenvalue weighted by atomic mass is 32.2. The molecule has 108 valence electrons. The van der Waals surface area contributed by atoms with Crippen molar-refractivity contribution in [2.24, 2.45) is 17.4 Å². The second-order valence-corrected chi connectivity index (χ2v) is 6.96. The number of rotatable bonds is 4. The van der Waals surface area contributed by atoms with Crippen LogP contribution in [0.3, 0.4) is 0 Å². The van der Waals surface area contributed by atoms with Crippen LogP contribution in [0.15, 0.2) is 29.2 Å². The van der Waals surface area contributed by atoms with E-state index >= 15 is 0 Å². The van der Waals surface area contributed by atoms with E-state index < -0.39 is 21.8 Å². The lowest BCUT2D eigenvalue weighted by Crippen LogP contribution is -2.33. The Morgan fingerprint density at radius 3 is 2.50 bits per heavy atom. The number of amides is 1. The zero-order valence-electron chi connectivity index (χ0n) is 10.7. The van der Waals surface area contributed by atoms with Crippen LogP contribution in [-0.4, -0.2) is 36.7 Å². The smallest absolute Gasteiger partial charge is 0.243 e. The van der Waals surface area contributed by atoms with E-state index in [2.05, 4.69) is 0 Å². The van der Waals surface area contributed by atoms with Gasteiger partial charge in [-0.3, -0.25) is 4.79 Å². The molecule has 4 N–H and O–H groups in total. The molecular weight excluding hydrogens is 298 g/mol. The van der Waals surface area contributed by atoms with Gasteiger partial charge in [-0.15, -0.1) is 0 Å². The first kappa shape index (κ1) is 14.9. The summed E-state index contributed by atoms with van der Waals surface area (Å²) in [4.78, 5) is 11.2. The third-order valence-electron chi connectivity index (χ3n) is 3.32. The minimum atomic E-state index is -3.72. The molecule has 1 unspecified atom stereocenters. The van der Waals surface area contributed by atoms with E-state index in [1.165, 1.54) is 10.4 Å². The Kier molecular flexibility index (Phi) is 4.07. The van der Waals surface area contributed by atoms with Crippen LogP contribution in [0, 0.1) is 5.92 Å². The normalized spacial score (nSPS) is 19.9.